The minimum Gasteiger partial charge on any atom is -0.506 e. The number of hydrogen-bond acceptors (Lipinski definition) is 21. The normalized spacial score (nSPS) is 11.2. The van der Waals surface area contributed by atoms with Gasteiger partial charge in [-0.3, -0.25) is 53.1 Å². The number of ketones is 6. The van der Waals surface area contributed by atoms with Crippen molar-refractivity contribution in [2.45, 2.75) is 133 Å². The molecule has 0 aliphatic rings. The highest BCUT2D eigenvalue weighted by molar-refractivity contribution is 9.10. The lowest BCUT2D eigenvalue weighted by atomic mass is 9.86. The molecule has 6 aromatic carbocycles. The number of benzene rings is 6. The molecule has 0 aliphatic heterocycles. The van der Waals surface area contributed by atoms with Gasteiger partial charge >= 0.3 is 0 Å². The molecule has 0 spiro atoms. The van der Waals surface area contributed by atoms with E-state index in [9.17, 15) is 58.5 Å². The second-order valence-electron chi connectivity index (χ2n) is 29.2. The maximum Gasteiger partial charge on any atom is 0.217 e. The van der Waals surface area contributed by atoms with Crippen molar-refractivity contribution in [2.24, 2.45) is 9.98 Å². The molecule has 27 heteroatoms. The maximum atomic E-state index is 12.8. The predicted octanol–water partition coefficient (Wildman–Crippen LogP) is 22.9. The molecule has 0 unspecified atom stereocenters. The zero-order chi connectivity index (χ0) is 87.8. The van der Waals surface area contributed by atoms with E-state index in [0.29, 0.717) is 136 Å². The molecule has 3 amide bonds. The molecular weight excluding hydrogens is 1750 g/mol. The molecule has 0 aliphatic carbocycles. The SMILES string of the molecule is CC(=N)c1csc(-c2ccc(C(C)(C)C)cc2)c1O.CC(=O)NCc1ccc(CCC(=O)c2ccc(C(=O)CN=C(C)c3csc(-c4ccc(Br)cc4)c3O)s2)cc1.CC(=O)NCc1ccc(CCC(=O)c2ccc(C(=O)CN=C(C)c3csc(-c4ccc(Cl)c(Cl)c4)c3O)s2)cc1.CC(=O)NCc1ccc(CCC(=O)c2ccc(C(C)=O)s2)cc1. The first-order chi connectivity index (χ1) is 57.6. The Morgan fingerprint density at radius 3 is 1.02 bits per heavy atom. The highest BCUT2D eigenvalue weighted by Gasteiger charge is 2.23. The number of aryl methyl sites for hydroxylation is 3. The van der Waals surface area contributed by atoms with E-state index in [2.05, 4.69) is 74.8 Å². The number of aromatic hydroxyl groups is 3. The number of hydrogen-bond donors (Lipinski definition) is 7. The van der Waals surface area contributed by atoms with E-state index in [0.717, 1.165) is 64.3 Å². The third-order valence-electron chi connectivity index (χ3n) is 18.9. The Kier molecular flexibility index (Phi) is 34.9. The van der Waals surface area contributed by atoms with Crippen molar-refractivity contribution in [1.82, 2.24) is 16.0 Å². The van der Waals surface area contributed by atoms with Gasteiger partial charge in [0.25, 0.3) is 0 Å². The summed E-state index contributed by atoms with van der Waals surface area (Å²) in [7, 11) is 0. The summed E-state index contributed by atoms with van der Waals surface area (Å²) in [6, 6.07) is 54.7. The van der Waals surface area contributed by atoms with Crippen LogP contribution >= 0.6 is 107 Å². The fourth-order valence-electron chi connectivity index (χ4n) is 11.8. The van der Waals surface area contributed by atoms with Gasteiger partial charge in [-0.1, -0.05) is 175 Å². The van der Waals surface area contributed by atoms with Gasteiger partial charge in [0.15, 0.2) is 34.7 Å². The molecule has 0 saturated heterocycles. The molecule has 626 valence electrons. The van der Waals surface area contributed by atoms with Crippen molar-refractivity contribution in [3.63, 3.8) is 0 Å². The lowest BCUT2D eigenvalue weighted by molar-refractivity contribution is -0.120. The lowest BCUT2D eigenvalue weighted by Gasteiger charge is -2.19. The largest absolute Gasteiger partial charge is 0.506 e. The third-order valence-corrected chi connectivity index (χ3v) is 26.7. The van der Waals surface area contributed by atoms with Crippen LogP contribution in [-0.2, 0) is 58.7 Å². The van der Waals surface area contributed by atoms with E-state index >= 15 is 0 Å². The van der Waals surface area contributed by atoms with E-state index in [1.54, 1.807) is 80.7 Å². The Hall–Kier alpha value is -10.6. The highest BCUT2D eigenvalue weighted by Crippen LogP contribution is 2.43. The Balaban J connectivity index is 0.000000191. The van der Waals surface area contributed by atoms with Crippen molar-refractivity contribution >= 4 is 177 Å². The molecule has 12 aromatic rings. The Labute approximate surface area is 746 Å². The zero-order valence-electron chi connectivity index (χ0n) is 68.2. The van der Waals surface area contributed by atoms with Gasteiger partial charge in [-0.25, -0.2) is 0 Å². The molecule has 121 heavy (non-hydrogen) atoms. The first kappa shape index (κ1) is 94.3. The topological polar surface area (TPSA) is 299 Å². The average Bonchev–Trinajstić information content (AvgIpc) is 1.71. The number of carbonyl (C=O) groups excluding carboxylic acids is 9. The summed E-state index contributed by atoms with van der Waals surface area (Å²) in [6.07, 6.45) is 2.92. The second kappa shape index (κ2) is 44.8. The zero-order valence-corrected chi connectivity index (χ0v) is 76.2. The molecule has 18 nitrogen and oxygen atoms in total. The fraction of sp³-hybridized carbons (Fsp3) is 0.234. The number of nitrogens with zero attached hydrogens (tertiary/aromatic N) is 2. The summed E-state index contributed by atoms with van der Waals surface area (Å²) < 4.78 is 0.961. The van der Waals surface area contributed by atoms with Gasteiger partial charge in [0.1, 0.15) is 30.3 Å². The summed E-state index contributed by atoms with van der Waals surface area (Å²) >= 11 is 23.4. The highest BCUT2D eigenvalue weighted by atomic mass is 79.9. The first-order valence-electron chi connectivity index (χ1n) is 38.3. The molecule has 0 radical (unpaired) electrons. The molecule has 6 aromatic heterocycles. The minimum atomic E-state index is -0.197. The Morgan fingerprint density at radius 2 is 0.694 bits per heavy atom. The molecule has 0 atom stereocenters. The molecule has 0 saturated carbocycles. The molecule has 0 bridgehead atoms. The van der Waals surface area contributed by atoms with Gasteiger partial charge in [-0.2, -0.15) is 0 Å². The van der Waals surface area contributed by atoms with Crippen LogP contribution in [0.5, 0.6) is 17.2 Å². The van der Waals surface area contributed by atoms with Gasteiger partial charge in [0, 0.05) is 114 Å². The monoisotopic (exact) mass is 1840 g/mol. The lowest BCUT2D eigenvalue weighted by Crippen LogP contribution is -2.18. The van der Waals surface area contributed by atoms with Crippen molar-refractivity contribution in [2.75, 3.05) is 13.1 Å². The number of halogens is 3. The number of thiophene rings is 6. The smallest absolute Gasteiger partial charge is 0.217 e. The van der Waals surface area contributed by atoms with Crippen molar-refractivity contribution in [1.29, 1.82) is 5.41 Å². The summed E-state index contributed by atoms with van der Waals surface area (Å²) in [4.78, 5) is 122. The van der Waals surface area contributed by atoms with Crippen LogP contribution in [0.3, 0.4) is 0 Å². The standard InChI is InChI=1S/C30H27BrN2O4S2.C30H26Cl2N2O4S2.C18H19NO3S.C16H19NOS/c1-18(24-17-38-30(29(24)37)22-8-10-23(31)11-9-22)32-16-26(36)28-14-13-27(39-28)25(35)12-7-20-3-5-21(6-4-20)15-33-19(2)34;1-17(22-16-39-30(29(22)38)21-8-9-23(31)24(32)13-21)33-15-26(37)28-12-11-27(40-28)25(36)10-7-19-3-5-20(6-4-19)14-34-18(2)35;1-12(20)17-9-10-18(23-17)16(22)8-7-14-3-5-15(6-4-14)11-19-13(2)21;1-10(17)13-9-19-15(14(13)18)11-5-7-12(8-6-11)16(2,3)4/h3-6,8-11,13-14,17,37H,7,12,15-16H2,1-2H3,(H,33,34);3-6,8-9,11-13,16,38H,7,10,14-15H2,1-2H3,(H,34,35);3-6,9-10H,7-8,11H2,1-2H3,(H,19,21);5-9,17-18H,1-4H3. The van der Waals surface area contributed by atoms with Gasteiger partial charge in [0.2, 0.25) is 17.7 Å². The van der Waals surface area contributed by atoms with Gasteiger partial charge in [-0.15, -0.1) is 68.0 Å². The van der Waals surface area contributed by atoms with E-state index in [1.807, 2.05) is 120 Å². The van der Waals surface area contributed by atoms with Crippen LogP contribution in [-0.4, -0.2) is 98.0 Å². The fourth-order valence-corrected chi connectivity index (χ4v) is 18.0. The summed E-state index contributed by atoms with van der Waals surface area (Å²) in [5.74, 6) is -0.112. The summed E-state index contributed by atoms with van der Waals surface area (Å²) in [5, 5.41) is 53.8. The Morgan fingerprint density at radius 1 is 0.388 bits per heavy atom. The number of Topliss-reactive ketones (excluding diaryl/α,β-unsaturated/α-hetero) is 6. The van der Waals surface area contributed by atoms with Crippen LogP contribution in [0.4, 0.5) is 0 Å². The first-order valence-corrected chi connectivity index (χ1v) is 45.0. The summed E-state index contributed by atoms with van der Waals surface area (Å²) in [5.41, 5.74) is 13.5. The summed E-state index contributed by atoms with van der Waals surface area (Å²) in [6.45, 7) is 19.0. The minimum absolute atomic E-state index is 0.00952. The van der Waals surface area contributed by atoms with Crippen LogP contribution in [0.1, 0.15) is 202 Å². The van der Waals surface area contributed by atoms with Crippen LogP contribution in [0, 0.1) is 5.41 Å². The molecule has 7 N–H and O–H groups in total. The van der Waals surface area contributed by atoms with Crippen molar-refractivity contribution < 1.29 is 58.5 Å². The third kappa shape index (κ3) is 28.0. The predicted molar refractivity (Wildman–Crippen MR) is 499 cm³/mol. The molecular formula is C94H91BrCl2N6O12S6. The number of amides is 3. The van der Waals surface area contributed by atoms with Crippen molar-refractivity contribution in [3.05, 3.63) is 291 Å². The van der Waals surface area contributed by atoms with E-state index in [4.69, 9.17) is 28.6 Å². The number of rotatable bonds is 31. The number of aliphatic imine (C=N–C) groups is 2. The van der Waals surface area contributed by atoms with E-state index < -0.39 is 0 Å². The van der Waals surface area contributed by atoms with E-state index in [-0.39, 0.29) is 88.2 Å². The second-order valence-corrected chi connectivity index (χ2v) is 36.8. The molecule has 6 heterocycles. The van der Waals surface area contributed by atoms with Gasteiger partial charge < -0.3 is 36.7 Å². The molecule has 12 rings (SSSR count). The number of carbonyl (C=O) groups is 9. The van der Waals surface area contributed by atoms with Gasteiger partial charge in [-0.05, 0) is 169 Å². The Bertz CT molecular complexity index is 5790. The number of nitrogens with one attached hydrogen (secondary N) is 4. The molecule has 0 fully saturated rings. The van der Waals surface area contributed by atoms with E-state index in [1.165, 1.54) is 101 Å². The maximum absolute atomic E-state index is 12.8. The van der Waals surface area contributed by atoms with Crippen LogP contribution in [0.2, 0.25) is 10.0 Å². The van der Waals surface area contributed by atoms with Crippen molar-refractivity contribution in [3.8, 4) is 48.6 Å². The quantitative estimate of drug-likeness (QED) is 0.0158. The van der Waals surface area contributed by atoms with Crippen LogP contribution in [0.15, 0.2) is 207 Å². The van der Waals surface area contributed by atoms with Crippen LogP contribution < -0.4 is 16.0 Å². The van der Waals surface area contributed by atoms with Crippen LogP contribution in [0.25, 0.3) is 31.3 Å². The van der Waals surface area contributed by atoms with Gasteiger partial charge in [0.05, 0.1) is 53.9 Å². The average molecular weight is 1840 g/mol.